The molecule has 0 saturated carbocycles. The molecule has 0 aliphatic rings. The summed E-state index contributed by atoms with van der Waals surface area (Å²) in [5, 5.41) is 3.36. The highest BCUT2D eigenvalue weighted by Gasteiger charge is 2.04. The van der Waals surface area contributed by atoms with Gasteiger partial charge in [-0.25, -0.2) is 0 Å². The molecule has 0 fully saturated rings. The number of hydrogen-bond donors (Lipinski definition) is 1. The number of rotatable bonds is 7. The Morgan fingerprint density at radius 2 is 2.31 bits per heavy atom. The summed E-state index contributed by atoms with van der Waals surface area (Å²) in [5.41, 5.74) is 2.41. The summed E-state index contributed by atoms with van der Waals surface area (Å²) in [6.07, 6.45) is 3.49. The predicted molar refractivity (Wildman–Crippen MR) is 67.3 cm³/mol. The summed E-state index contributed by atoms with van der Waals surface area (Å²) in [7, 11) is 2.09. The van der Waals surface area contributed by atoms with E-state index >= 15 is 0 Å². The van der Waals surface area contributed by atoms with Crippen molar-refractivity contribution < 1.29 is 4.42 Å². The summed E-state index contributed by atoms with van der Waals surface area (Å²) < 4.78 is 5.04. The third-order valence-electron chi connectivity index (χ3n) is 2.29. The smallest absolute Gasteiger partial charge is 0.0947 e. The minimum absolute atomic E-state index is 0.510. The molecule has 1 heterocycles. The molecule has 90 valence electrons. The first-order chi connectivity index (χ1) is 7.58. The molecule has 0 aliphatic carbocycles. The Hall–Kier alpha value is -1.06. The zero-order valence-corrected chi connectivity index (χ0v) is 10.5. The van der Waals surface area contributed by atoms with Crippen molar-refractivity contribution in [2.24, 2.45) is 0 Å². The molecule has 0 unspecified atom stereocenters. The van der Waals surface area contributed by atoms with Gasteiger partial charge < -0.3 is 9.73 Å². The molecule has 3 nitrogen and oxygen atoms in total. The van der Waals surface area contributed by atoms with E-state index in [9.17, 15) is 0 Å². The van der Waals surface area contributed by atoms with Crippen molar-refractivity contribution in [2.45, 2.75) is 26.4 Å². The molecule has 0 radical (unpaired) electrons. The maximum absolute atomic E-state index is 5.04. The van der Waals surface area contributed by atoms with Crippen molar-refractivity contribution in [3.05, 3.63) is 36.3 Å². The standard InChI is InChI=1S/C13H22N2O/c1-11(2)14-7-12(3)8-15(4)9-13-5-6-16-10-13/h5-6,10-11,14H,3,7-9H2,1-2,4H3. The van der Waals surface area contributed by atoms with Crippen LogP contribution in [-0.4, -0.2) is 31.1 Å². The zero-order valence-electron chi connectivity index (χ0n) is 10.5. The molecule has 1 aromatic heterocycles. The lowest BCUT2D eigenvalue weighted by Crippen LogP contribution is -2.29. The normalized spacial score (nSPS) is 11.3. The van der Waals surface area contributed by atoms with Crippen molar-refractivity contribution in [3.8, 4) is 0 Å². The molecule has 0 aliphatic heterocycles. The summed E-state index contributed by atoms with van der Waals surface area (Å²) in [5.74, 6) is 0. The van der Waals surface area contributed by atoms with Gasteiger partial charge in [0.05, 0.1) is 12.5 Å². The highest BCUT2D eigenvalue weighted by Crippen LogP contribution is 2.05. The minimum atomic E-state index is 0.510. The van der Waals surface area contributed by atoms with Gasteiger partial charge in [-0.05, 0) is 18.7 Å². The Labute approximate surface area is 98.1 Å². The molecular weight excluding hydrogens is 200 g/mol. The second kappa shape index (κ2) is 6.51. The van der Waals surface area contributed by atoms with Crippen molar-refractivity contribution in [1.29, 1.82) is 0 Å². The number of likely N-dealkylation sites (N-methyl/N-ethyl adjacent to an activating group) is 1. The van der Waals surface area contributed by atoms with Crippen molar-refractivity contribution >= 4 is 0 Å². The van der Waals surface area contributed by atoms with Crippen LogP contribution in [0.15, 0.2) is 35.2 Å². The Morgan fingerprint density at radius 3 is 2.88 bits per heavy atom. The van der Waals surface area contributed by atoms with Gasteiger partial charge >= 0.3 is 0 Å². The van der Waals surface area contributed by atoms with Gasteiger partial charge in [-0.1, -0.05) is 20.4 Å². The quantitative estimate of drug-likeness (QED) is 0.717. The number of hydrogen-bond acceptors (Lipinski definition) is 3. The number of furan rings is 1. The van der Waals surface area contributed by atoms with Gasteiger partial charge in [-0.15, -0.1) is 0 Å². The summed E-state index contributed by atoms with van der Waals surface area (Å²) in [6.45, 7) is 11.0. The van der Waals surface area contributed by atoms with Crippen molar-refractivity contribution in [2.75, 3.05) is 20.1 Å². The second-order valence-corrected chi connectivity index (χ2v) is 4.59. The van der Waals surface area contributed by atoms with Crippen LogP contribution in [0.1, 0.15) is 19.4 Å². The SMILES string of the molecule is C=C(CNC(C)C)CN(C)Cc1ccoc1. The first kappa shape index (κ1) is 13.0. The lowest BCUT2D eigenvalue weighted by molar-refractivity contribution is 0.349. The topological polar surface area (TPSA) is 28.4 Å². The van der Waals surface area contributed by atoms with Crippen LogP contribution in [0.4, 0.5) is 0 Å². The van der Waals surface area contributed by atoms with Crippen molar-refractivity contribution in [1.82, 2.24) is 10.2 Å². The van der Waals surface area contributed by atoms with Gasteiger partial charge in [0, 0.05) is 31.2 Å². The predicted octanol–water partition coefficient (Wildman–Crippen LogP) is 2.27. The van der Waals surface area contributed by atoms with E-state index in [2.05, 4.69) is 37.7 Å². The highest BCUT2D eigenvalue weighted by molar-refractivity contribution is 5.06. The molecule has 0 saturated heterocycles. The Kier molecular flexibility index (Phi) is 5.29. The van der Waals surface area contributed by atoms with Gasteiger partial charge in [-0.2, -0.15) is 0 Å². The maximum atomic E-state index is 5.04. The molecule has 16 heavy (non-hydrogen) atoms. The third kappa shape index (κ3) is 5.14. The average molecular weight is 222 g/mol. The fourth-order valence-electron chi connectivity index (χ4n) is 1.54. The number of nitrogens with one attached hydrogen (secondary N) is 1. The largest absolute Gasteiger partial charge is 0.472 e. The number of nitrogens with zero attached hydrogens (tertiary/aromatic N) is 1. The molecule has 1 N–H and O–H groups in total. The molecule has 3 heteroatoms. The van der Waals surface area contributed by atoms with E-state index in [1.807, 2.05) is 6.07 Å². The Bertz CT molecular complexity index is 304. The lowest BCUT2D eigenvalue weighted by atomic mass is 10.2. The van der Waals surface area contributed by atoms with Gasteiger partial charge in [0.25, 0.3) is 0 Å². The molecule has 1 rings (SSSR count). The molecule has 0 aromatic carbocycles. The van der Waals surface area contributed by atoms with Gasteiger partial charge in [0.15, 0.2) is 0 Å². The van der Waals surface area contributed by atoms with Gasteiger partial charge in [-0.3, -0.25) is 4.90 Å². The van der Waals surface area contributed by atoms with Crippen LogP contribution in [0, 0.1) is 0 Å². The molecule has 0 atom stereocenters. The van der Waals surface area contributed by atoms with Crippen LogP contribution in [0.2, 0.25) is 0 Å². The highest BCUT2D eigenvalue weighted by atomic mass is 16.3. The second-order valence-electron chi connectivity index (χ2n) is 4.59. The maximum Gasteiger partial charge on any atom is 0.0947 e. The lowest BCUT2D eigenvalue weighted by Gasteiger charge is -2.18. The summed E-state index contributed by atoms with van der Waals surface area (Å²) >= 11 is 0. The molecule has 0 spiro atoms. The van der Waals surface area contributed by atoms with E-state index < -0.39 is 0 Å². The first-order valence-corrected chi connectivity index (χ1v) is 5.67. The monoisotopic (exact) mass is 222 g/mol. The van der Waals surface area contributed by atoms with E-state index in [4.69, 9.17) is 4.42 Å². The van der Waals surface area contributed by atoms with Gasteiger partial charge in [0.1, 0.15) is 0 Å². The van der Waals surface area contributed by atoms with E-state index in [-0.39, 0.29) is 0 Å². The van der Waals surface area contributed by atoms with Crippen LogP contribution in [-0.2, 0) is 6.54 Å². The fourth-order valence-corrected chi connectivity index (χ4v) is 1.54. The van der Waals surface area contributed by atoms with Crippen LogP contribution >= 0.6 is 0 Å². The summed E-state index contributed by atoms with van der Waals surface area (Å²) in [6, 6.07) is 2.50. The van der Waals surface area contributed by atoms with Crippen molar-refractivity contribution in [3.63, 3.8) is 0 Å². The van der Waals surface area contributed by atoms with Crippen LogP contribution in [0.5, 0.6) is 0 Å². The first-order valence-electron chi connectivity index (χ1n) is 5.67. The molecular formula is C13H22N2O. The van der Waals surface area contributed by atoms with E-state index in [0.717, 1.165) is 19.6 Å². The molecule has 1 aromatic rings. The fraction of sp³-hybridized carbons (Fsp3) is 0.538. The molecule has 0 amide bonds. The third-order valence-corrected chi connectivity index (χ3v) is 2.29. The van der Waals surface area contributed by atoms with E-state index in [0.29, 0.717) is 6.04 Å². The molecule has 0 bridgehead atoms. The Balaban J connectivity index is 2.23. The van der Waals surface area contributed by atoms with E-state index in [1.165, 1.54) is 11.1 Å². The van der Waals surface area contributed by atoms with Crippen LogP contribution < -0.4 is 5.32 Å². The van der Waals surface area contributed by atoms with Gasteiger partial charge in [0.2, 0.25) is 0 Å². The summed E-state index contributed by atoms with van der Waals surface area (Å²) in [4.78, 5) is 2.23. The van der Waals surface area contributed by atoms with Crippen LogP contribution in [0.25, 0.3) is 0 Å². The Morgan fingerprint density at radius 1 is 1.56 bits per heavy atom. The van der Waals surface area contributed by atoms with E-state index in [1.54, 1.807) is 12.5 Å². The van der Waals surface area contributed by atoms with Crippen LogP contribution in [0.3, 0.4) is 0 Å². The minimum Gasteiger partial charge on any atom is -0.472 e. The zero-order chi connectivity index (χ0) is 12.0. The average Bonchev–Trinajstić information content (AvgIpc) is 2.67.